The van der Waals surface area contributed by atoms with Gasteiger partial charge in [0.1, 0.15) is 11.7 Å². The summed E-state index contributed by atoms with van der Waals surface area (Å²) in [5.74, 6) is -1.14. The van der Waals surface area contributed by atoms with E-state index in [1.807, 2.05) is 0 Å². The van der Waals surface area contributed by atoms with Gasteiger partial charge in [0, 0.05) is 12.3 Å². The fourth-order valence-corrected chi connectivity index (χ4v) is 2.63. The first-order chi connectivity index (χ1) is 9.70. The number of nitro benzene ring substituents is 1. The summed E-state index contributed by atoms with van der Waals surface area (Å²) < 4.78 is 22.9. The standard InChI is InChI=1S/C12H14N2O6S/c1-21(19,20)8-4-5-9(10(6-8)14(17)18)13-11(12(15)16)7-2-3-7/h4-7,11,13H,2-3H2,1H3,(H,15,16). The minimum Gasteiger partial charge on any atom is -0.480 e. The number of carboxylic acids is 1. The maximum Gasteiger partial charge on any atom is 0.326 e. The van der Waals surface area contributed by atoms with E-state index in [9.17, 15) is 23.3 Å². The third kappa shape index (κ3) is 3.48. The second kappa shape index (κ2) is 5.32. The highest BCUT2D eigenvalue weighted by molar-refractivity contribution is 7.90. The Bertz CT molecular complexity index is 696. The topological polar surface area (TPSA) is 127 Å². The number of carboxylic acid groups (broad SMARTS) is 1. The van der Waals surface area contributed by atoms with Crippen molar-refractivity contribution >= 4 is 27.2 Å². The lowest BCUT2D eigenvalue weighted by Gasteiger charge is -2.15. The summed E-state index contributed by atoms with van der Waals surface area (Å²) >= 11 is 0. The van der Waals surface area contributed by atoms with Crippen LogP contribution >= 0.6 is 0 Å². The van der Waals surface area contributed by atoms with E-state index in [0.29, 0.717) is 0 Å². The van der Waals surface area contributed by atoms with E-state index in [-0.39, 0.29) is 16.5 Å². The number of nitrogens with zero attached hydrogens (tertiary/aromatic N) is 1. The van der Waals surface area contributed by atoms with E-state index in [2.05, 4.69) is 5.32 Å². The molecule has 1 aliphatic carbocycles. The molecule has 0 radical (unpaired) electrons. The molecular weight excluding hydrogens is 300 g/mol. The second-order valence-corrected chi connectivity index (χ2v) is 7.02. The van der Waals surface area contributed by atoms with Gasteiger partial charge in [-0.2, -0.15) is 0 Å². The number of nitro groups is 1. The summed E-state index contributed by atoms with van der Waals surface area (Å²) in [4.78, 5) is 21.3. The first kappa shape index (κ1) is 15.2. The average molecular weight is 314 g/mol. The second-order valence-electron chi connectivity index (χ2n) is 5.01. The monoisotopic (exact) mass is 314 g/mol. The average Bonchev–Trinajstić information content (AvgIpc) is 3.18. The van der Waals surface area contributed by atoms with E-state index in [1.165, 1.54) is 12.1 Å². The van der Waals surface area contributed by atoms with Crippen LogP contribution in [0, 0.1) is 16.0 Å². The van der Waals surface area contributed by atoms with Crippen molar-refractivity contribution in [2.75, 3.05) is 11.6 Å². The number of aliphatic carboxylic acids is 1. The summed E-state index contributed by atoms with van der Waals surface area (Å²) in [5, 5.41) is 22.8. The van der Waals surface area contributed by atoms with Gasteiger partial charge >= 0.3 is 5.97 Å². The fourth-order valence-electron chi connectivity index (χ4n) is 1.99. The fraction of sp³-hybridized carbons (Fsp3) is 0.417. The number of carbonyl (C=O) groups is 1. The molecule has 1 aromatic carbocycles. The molecule has 0 heterocycles. The van der Waals surface area contributed by atoms with E-state index in [4.69, 9.17) is 5.11 Å². The lowest BCUT2D eigenvalue weighted by Crippen LogP contribution is -2.31. The Morgan fingerprint density at radius 1 is 1.48 bits per heavy atom. The first-order valence-corrected chi connectivity index (χ1v) is 8.07. The quantitative estimate of drug-likeness (QED) is 0.598. The van der Waals surface area contributed by atoms with Crippen molar-refractivity contribution in [2.45, 2.75) is 23.8 Å². The Labute approximate surface area is 120 Å². The van der Waals surface area contributed by atoms with Crippen LogP contribution in [-0.4, -0.2) is 36.7 Å². The summed E-state index contributed by atoms with van der Waals surface area (Å²) in [5.41, 5.74) is -0.448. The molecule has 114 valence electrons. The van der Waals surface area contributed by atoms with Gasteiger partial charge in [-0.25, -0.2) is 13.2 Å². The number of anilines is 1. The minimum atomic E-state index is -3.57. The third-order valence-electron chi connectivity index (χ3n) is 3.26. The zero-order valence-electron chi connectivity index (χ0n) is 11.1. The van der Waals surface area contributed by atoms with Gasteiger partial charge in [-0.05, 0) is 30.9 Å². The predicted octanol–water partition coefficient (Wildman–Crippen LogP) is 1.27. The normalized spacial score (nSPS) is 16.2. The van der Waals surface area contributed by atoms with Gasteiger partial charge in [0.25, 0.3) is 5.69 Å². The highest BCUT2D eigenvalue weighted by Crippen LogP contribution is 2.36. The van der Waals surface area contributed by atoms with Crippen molar-refractivity contribution in [1.29, 1.82) is 0 Å². The molecule has 21 heavy (non-hydrogen) atoms. The Kier molecular flexibility index (Phi) is 3.86. The summed E-state index contributed by atoms with van der Waals surface area (Å²) in [6.07, 6.45) is 2.45. The van der Waals surface area contributed by atoms with Crippen molar-refractivity contribution in [2.24, 2.45) is 5.92 Å². The molecule has 2 N–H and O–H groups in total. The van der Waals surface area contributed by atoms with Crippen molar-refractivity contribution in [3.05, 3.63) is 28.3 Å². The molecule has 0 aromatic heterocycles. The van der Waals surface area contributed by atoms with Gasteiger partial charge in [0.05, 0.1) is 9.82 Å². The molecule has 1 unspecified atom stereocenters. The largest absolute Gasteiger partial charge is 0.480 e. The summed E-state index contributed by atoms with van der Waals surface area (Å²) in [6.45, 7) is 0. The van der Waals surface area contributed by atoms with Gasteiger partial charge in [0.15, 0.2) is 9.84 Å². The molecule has 8 nitrogen and oxygen atoms in total. The molecule has 0 bridgehead atoms. The minimum absolute atomic E-state index is 0.00620. The highest BCUT2D eigenvalue weighted by Gasteiger charge is 2.37. The van der Waals surface area contributed by atoms with Crippen molar-refractivity contribution in [3.8, 4) is 0 Å². The predicted molar refractivity (Wildman–Crippen MR) is 74.0 cm³/mol. The SMILES string of the molecule is CS(=O)(=O)c1ccc(NC(C(=O)O)C2CC2)c([N+](=O)[O-])c1. The molecule has 1 fully saturated rings. The molecule has 0 saturated heterocycles. The van der Waals surface area contributed by atoms with Gasteiger partial charge in [-0.1, -0.05) is 0 Å². The maximum absolute atomic E-state index is 11.4. The van der Waals surface area contributed by atoms with Crippen LogP contribution in [0.15, 0.2) is 23.1 Å². The number of rotatable bonds is 6. The number of sulfone groups is 1. The van der Waals surface area contributed by atoms with Crippen LogP contribution in [0.4, 0.5) is 11.4 Å². The molecule has 1 saturated carbocycles. The zero-order valence-corrected chi connectivity index (χ0v) is 12.0. The molecule has 1 aliphatic rings. The van der Waals surface area contributed by atoms with Crippen LogP contribution < -0.4 is 5.32 Å². The van der Waals surface area contributed by atoms with E-state index >= 15 is 0 Å². The molecule has 1 atom stereocenters. The Morgan fingerprint density at radius 2 is 2.10 bits per heavy atom. The zero-order chi connectivity index (χ0) is 15.8. The van der Waals surface area contributed by atoms with E-state index < -0.39 is 32.5 Å². The van der Waals surface area contributed by atoms with Crippen LogP contribution in [0.5, 0.6) is 0 Å². The number of benzene rings is 1. The van der Waals surface area contributed by atoms with E-state index in [1.54, 1.807) is 0 Å². The van der Waals surface area contributed by atoms with Gasteiger partial charge in [-0.3, -0.25) is 10.1 Å². The summed E-state index contributed by atoms with van der Waals surface area (Å²) in [7, 11) is -3.57. The summed E-state index contributed by atoms with van der Waals surface area (Å²) in [6, 6.07) is 2.47. The molecule has 1 aromatic rings. The van der Waals surface area contributed by atoms with Crippen LogP contribution in [0.25, 0.3) is 0 Å². The maximum atomic E-state index is 11.4. The van der Waals surface area contributed by atoms with Crippen molar-refractivity contribution in [3.63, 3.8) is 0 Å². The molecule has 2 rings (SSSR count). The first-order valence-electron chi connectivity index (χ1n) is 6.18. The van der Waals surface area contributed by atoms with Crippen LogP contribution in [0.3, 0.4) is 0 Å². The lowest BCUT2D eigenvalue weighted by molar-refractivity contribution is -0.384. The molecule has 0 aliphatic heterocycles. The highest BCUT2D eigenvalue weighted by atomic mass is 32.2. The Hall–Kier alpha value is -2.16. The Balaban J connectivity index is 2.39. The van der Waals surface area contributed by atoms with Gasteiger partial charge in [-0.15, -0.1) is 0 Å². The molecule has 0 amide bonds. The lowest BCUT2D eigenvalue weighted by atomic mass is 10.1. The smallest absolute Gasteiger partial charge is 0.326 e. The number of hydrogen-bond acceptors (Lipinski definition) is 6. The van der Waals surface area contributed by atoms with Crippen molar-refractivity contribution in [1.82, 2.24) is 0 Å². The third-order valence-corrected chi connectivity index (χ3v) is 4.37. The van der Waals surface area contributed by atoms with Crippen LogP contribution in [-0.2, 0) is 14.6 Å². The molecule has 9 heteroatoms. The van der Waals surface area contributed by atoms with Crippen LogP contribution in [0.1, 0.15) is 12.8 Å². The molecular formula is C12H14N2O6S. The number of nitrogens with one attached hydrogen (secondary N) is 1. The Morgan fingerprint density at radius 3 is 2.52 bits per heavy atom. The van der Waals surface area contributed by atoms with Gasteiger partial charge in [0.2, 0.25) is 0 Å². The van der Waals surface area contributed by atoms with Gasteiger partial charge < -0.3 is 10.4 Å². The van der Waals surface area contributed by atoms with Crippen LogP contribution in [0.2, 0.25) is 0 Å². The number of hydrogen-bond donors (Lipinski definition) is 2. The van der Waals surface area contributed by atoms with Crippen molar-refractivity contribution < 1.29 is 23.2 Å². The molecule has 0 spiro atoms. The van der Waals surface area contributed by atoms with E-state index in [0.717, 1.165) is 25.2 Å².